The van der Waals surface area contributed by atoms with Crippen LogP contribution in [0.15, 0.2) is 437 Å². The molecule has 21 rings (SSSR count). The molecule has 0 atom stereocenters. The largest absolute Gasteiger partial charge is 0.311 e. The standard InChI is InChI=1S/C137H130N4/c1-11-13-15-17-19-34-94-135(95-35-20-18-16-14-12-2)127-43-29-24-38-121(127)126-93-58-102(96-132(126)135)101-56-79-114(80-57-101)140(116-83-61-104(62-84-116)134(8,9)10)118-87-65-106(66-88-118)137(130-46-32-27-41-124(130)125-42-28-33-47-131(125)137)108-69-91-120(92-70-108)141(113-77-54-100(55-78-113)99-52-75-112(76-53-99)139(110-71-48-97(3)49-72-110)111-73-50-98(4)51-74-111)119-89-67-107(68-90-119)136(128-44-30-25-39-122(128)123-40-26-31-45-129(123)136)105-63-85-117(86-64-105)138(109-36-22-21-23-37-109)115-81-59-103(60-82-115)133(5,6)7/h21-33,36-93,96H,11-20,34-35,94-95H2,1-10H3. The van der Waals surface area contributed by atoms with Crippen molar-refractivity contribution in [3.63, 3.8) is 0 Å². The van der Waals surface area contributed by atoms with Gasteiger partial charge in [-0.25, -0.2) is 0 Å². The zero-order valence-electron chi connectivity index (χ0n) is 83.8. The van der Waals surface area contributed by atoms with E-state index in [0.29, 0.717) is 0 Å². The lowest BCUT2D eigenvalue weighted by Gasteiger charge is -2.36. The number of benzene rings is 18. The molecular formula is C137H130N4. The van der Waals surface area contributed by atoms with Crippen LogP contribution in [0.4, 0.5) is 68.2 Å². The summed E-state index contributed by atoms with van der Waals surface area (Å²) >= 11 is 0. The maximum absolute atomic E-state index is 2.61. The highest BCUT2D eigenvalue weighted by atomic mass is 15.2. The molecule has 0 saturated heterocycles. The zero-order chi connectivity index (χ0) is 96.4. The van der Waals surface area contributed by atoms with Crippen molar-refractivity contribution >= 4 is 68.2 Å². The van der Waals surface area contributed by atoms with Gasteiger partial charge in [0.2, 0.25) is 0 Å². The monoisotopic (exact) mass is 1830 g/mol. The zero-order valence-corrected chi connectivity index (χ0v) is 83.8. The minimum absolute atomic E-state index is 0.00442. The summed E-state index contributed by atoms with van der Waals surface area (Å²) in [6, 6.07) is 167. The Morgan fingerprint density at radius 3 is 0.709 bits per heavy atom. The van der Waals surface area contributed by atoms with Crippen LogP contribution in [0.2, 0.25) is 0 Å². The molecule has 0 unspecified atom stereocenters. The first kappa shape index (κ1) is 92.5. The fourth-order valence-corrected chi connectivity index (χ4v) is 23.6. The molecule has 18 aromatic rings. The summed E-state index contributed by atoms with van der Waals surface area (Å²) in [6.45, 7) is 22.7. The predicted octanol–water partition coefficient (Wildman–Crippen LogP) is 38.6. The van der Waals surface area contributed by atoms with Crippen molar-refractivity contribution in [2.24, 2.45) is 0 Å². The summed E-state index contributed by atoms with van der Waals surface area (Å²) in [5.74, 6) is 0. The van der Waals surface area contributed by atoms with Gasteiger partial charge in [0.05, 0.1) is 10.8 Å². The molecule has 141 heavy (non-hydrogen) atoms. The summed E-state index contributed by atoms with van der Waals surface area (Å²) in [6.07, 6.45) is 18.0. The molecular weight excluding hydrogens is 1700 g/mol. The Balaban J connectivity index is 0.665. The summed E-state index contributed by atoms with van der Waals surface area (Å²) < 4.78 is 0. The lowest BCUT2D eigenvalue weighted by atomic mass is 9.67. The number of hydrogen-bond acceptors (Lipinski definition) is 4. The van der Waals surface area contributed by atoms with Crippen molar-refractivity contribution in [3.05, 3.63) is 515 Å². The summed E-state index contributed by atoms with van der Waals surface area (Å²) in [7, 11) is 0. The van der Waals surface area contributed by atoms with Crippen LogP contribution in [-0.2, 0) is 27.1 Å². The van der Waals surface area contributed by atoms with Gasteiger partial charge < -0.3 is 19.6 Å². The van der Waals surface area contributed by atoms with Gasteiger partial charge in [-0.05, 0) is 312 Å². The van der Waals surface area contributed by atoms with E-state index < -0.39 is 10.8 Å². The molecule has 0 N–H and O–H groups in total. The van der Waals surface area contributed by atoms with Gasteiger partial charge in [0, 0.05) is 73.7 Å². The number of unbranched alkanes of at least 4 members (excludes halogenated alkanes) is 10. The Kier molecular flexibility index (Phi) is 25.9. The second-order valence-electron chi connectivity index (χ2n) is 41.9. The van der Waals surface area contributed by atoms with Gasteiger partial charge in [0.1, 0.15) is 0 Å². The highest BCUT2D eigenvalue weighted by Crippen LogP contribution is 2.61. The van der Waals surface area contributed by atoms with E-state index in [4.69, 9.17) is 0 Å². The number of fused-ring (bicyclic) bond motifs is 9. The van der Waals surface area contributed by atoms with E-state index in [-0.39, 0.29) is 16.2 Å². The van der Waals surface area contributed by atoms with Crippen LogP contribution < -0.4 is 19.6 Å². The van der Waals surface area contributed by atoms with Crippen LogP contribution in [0.1, 0.15) is 223 Å². The number of aryl methyl sites for hydroxylation is 2. The van der Waals surface area contributed by atoms with Crippen LogP contribution in [0.5, 0.6) is 0 Å². The Labute approximate surface area is 838 Å². The third-order valence-corrected chi connectivity index (χ3v) is 30.9. The van der Waals surface area contributed by atoms with E-state index in [1.54, 1.807) is 5.56 Å². The van der Waals surface area contributed by atoms with Crippen LogP contribution in [0.25, 0.3) is 55.6 Å². The van der Waals surface area contributed by atoms with Gasteiger partial charge in [0.25, 0.3) is 0 Å². The molecule has 0 heterocycles. The predicted molar refractivity (Wildman–Crippen MR) is 600 cm³/mol. The third kappa shape index (κ3) is 17.5. The minimum Gasteiger partial charge on any atom is -0.311 e. The number of rotatable bonds is 32. The average molecular weight is 1830 g/mol. The smallest absolute Gasteiger partial charge is 0.0713 e. The topological polar surface area (TPSA) is 13.0 Å². The van der Waals surface area contributed by atoms with Crippen LogP contribution >= 0.6 is 0 Å². The van der Waals surface area contributed by atoms with E-state index in [1.165, 1.54) is 207 Å². The van der Waals surface area contributed by atoms with E-state index in [0.717, 1.165) is 79.4 Å². The minimum atomic E-state index is -0.706. The number of nitrogens with zero attached hydrogens (tertiary/aromatic N) is 4. The Morgan fingerprint density at radius 1 is 0.191 bits per heavy atom. The molecule has 4 nitrogen and oxygen atoms in total. The maximum atomic E-state index is 2.61. The van der Waals surface area contributed by atoms with Gasteiger partial charge in [-0.2, -0.15) is 0 Å². The highest BCUT2D eigenvalue weighted by Gasteiger charge is 2.49. The Morgan fingerprint density at radius 2 is 0.411 bits per heavy atom. The van der Waals surface area contributed by atoms with Crippen molar-refractivity contribution in [1.29, 1.82) is 0 Å². The fourth-order valence-electron chi connectivity index (χ4n) is 23.6. The fraction of sp³-hybridized carbons (Fsp3) is 0.212. The van der Waals surface area contributed by atoms with Crippen molar-refractivity contribution < 1.29 is 0 Å². The van der Waals surface area contributed by atoms with E-state index in [2.05, 4.69) is 526 Å². The summed E-state index contributed by atoms with van der Waals surface area (Å²) in [5.41, 5.74) is 42.3. The van der Waals surface area contributed by atoms with Gasteiger partial charge >= 0.3 is 0 Å². The second-order valence-corrected chi connectivity index (χ2v) is 41.9. The molecule has 0 aromatic heterocycles. The summed E-state index contributed by atoms with van der Waals surface area (Å²) in [5, 5.41) is 0. The van der Waals surface area contributed by atoms with Crippen molar-refractivity contribution in [1.82, 2.24) is 0 Å². The van der Waals surface area contributed by atoms with E-state index >= 15 is 0 Å². The van der Waals surface area contributed by atoms with Gasteiger partial charge in [-0.3, -0.25) is 0 Å². The molecule has 698 valence electrons. The van der Waals surface area contributed by atoms with E-state index in [9.17, 15) is 0 Å². The normalized spacial score (nSPS) is 13.3. The first-order valence-electron chi connectivity index (χ1n) is 51.9. The molecule has 0 bridgehead atoms. The summed E-state index contributed by atoms with van der Waals surface area (Å²) in [4.78, 5) is 9.67. The van der Waals surface area contributed by atoms with Gasteiger partial charge in [0.15, 0.2) is 0 Å². The van der Waals surface area contributed by atoms with Crippen LogP contribution in [0, 0.1) is 13.8 Å². The van der Waals surface area contributed by atoms with Gasteiger partial charge in [-0.1, -0.05) is 429 Å². The molecule has 0 radical (unpaired) electrons. The number of para-hydroxylation sites is 1. The lowest BCUT2D eigenvalue weighted by Crippen LogP contribution is -2.29. The van der Waals surface area contributed by atoms with Gasteiger partial charge in [-0.15, -0.1) is 0 Å². The molecule has 0 fully saturated rings. The van der Waals surface area contributed by atoms with E-state index in [1.807, 2.05) is 0 Å². The molecule has 0 spiro atoms. The van der Waals surface area contributed by atoms with Crippen molar-refractivity contribution in [2.45, 2.75) is 186 Å². The molecule has 4 heteroatoms. The Hall–Kier alpha value is -14.8. The quantitative estimate of drug-likeness (QED) is 0.0390. The maximum Gasteiger partial charge on any atom is 0.0713 e. The Bertz CT molecular complexity index is 7240. The second kappa shape index (κ2) is 39.4. The molecule has 0 saturated carbocycles. The SMILES string of the molecule is CCCCCCCCC1(CCCCCCCC)c2ccccc2-c2ccc(-c3ccc(N(c4ccc(C(C)(C)C)cc4)c4ccc(C5(c6ccc(N(c7ccc(-c8ccc(N(c9ccc(C)cc9)c9ccc(C)cc9)cc8)cc7)c7ccc(C8(c9ccc(N(c%10ccccc%10)c%10ccc(C(C)(C)C)cc%10)cc9)c9ccccc9-c9ccccc98)cc7)cc6)c6ccccc6-c6ccccc65)cc4)cc3)cc21. The molecule has 3 aliphatic carbocycles. The molecule has 18 aromatic carbocycles. The average Bonchev–Trinajstić information content (AvgIpc) is 1.55. The van der Waals surface area contributed by atoms with Crippen LogP contribution in [-0.4, -0.2) is 0 Å². The number of anilines is 12. The first-order valence-corrected chi connectivity index (χ1v) is 51.9. The van der Waals surface area contributed by atoms with Crippen molar-refractivity contribution in [3.8, 4) is 55.6 Å². The number of hydrogen-bond donors (Lipinski definition) is 0. The first-order chi connectivity index (χ1) is 68.9. The van der Waals surface area contributed by atoms with Crippen LogP contribution in [0.3, 0.4) is 0 Å². The molecule has 3 aliphatic rings. The third-order valence-electron chi connectivity index (χ3n) is 30.9. The highest BCUT2D eigenvalue weighted by molar-refractivity contribution is 5.92. The molecule has 0 amide bonds. The van der Waals surface area contributed by atoms with Crippen molar-refractivity contribution in [2.75, 3.05) is 19.6 Å². The molecule has 0 aliphatic heterocycles. The lowest BCUT2D eigenvalue weighted by molar-refractivity contribution is 0.398.